The van der Waals surface area contributed by atoms with Crippen LogP contribution in [0.25, 0.3) is 0 Å². The van der Waals surface area contributed by atoms with E-state index in [1.54, 1.807) is 13.8 Å². The molecule has 0 spiro atoms. The zero-order chi connectivity index (χ0) is 14.8. The zero-order valence-electron chi connectivity index (χ0n) is 13.0. The van der Waals surface area contributed by atoms with Gasteiger partial charge in [0, 0.05) is 6.61 Å². The molecular weight excluding hydrogens is 252 g/mol. The van der Waals surface area contributed by atoms with E-state index in [1.807, 2.05) is 18.2 Å². The Balaban J connectivity index is 2.09. The van der Waals surface area contributed by atoms with E-state index in [0.29, 0.717) is 19.1 Å². The number of rotatable bonds is 10. The smallest absolute Gasteiger partial charge is 0.159 e. The van der Waals surface area contributed by atoms with E-state index in [0.717, 1.165) is 25.9 Å². The zero-order valence-corrected chi connectivity index (χ0v) is 13.0. The Morgan fingerprint density at radius 1 is 1.20 bits per heavy atom. The van der Waals surface area contributed by atoms with Gasteiger partial charge in [-0.3, -0.25) is 0 Å². The molecule has 0 aromatic heterocycles. The average Bonchev–Trinajstić information content (AvgIpc) is 2.42. The third-order valence-electron chi connectivity index (χ3n) is 3.26. The number of benzene rings is 1. The van der Waals surface area contributed by atoms with Crippen LogP contribution in [0, 0.1) is 5.92 Å². The van der Waals surface area contributed by atoms with E-state index in [2.05, 4.69) is 19.1 Å². The first kappa shape index (κ1) is 17.2. The number of hydrogen-bond acceptors (Lipinski definition) is 3. The van der Waals surface area contributed by atoms with Crippen molar-refractivity contribution in [3.63, 3.8) is 0 Å². The van der Waals surface area contributed by atoms with E-state index in [9.17, 15) is 5.11 Å². The second kappa shape index (κ2) is 9.11. The second-order valence-corrected chi connectivity index (χ2v) is 5.71. The molecule has 0 saturated carbocycles. The maximum atomic E-state index is 9.55. The minimum Gasteiger partial charge on any atom is -0.377 e. The fourth-order valence-electron chi connectivity index (χ4n) is 1.97. The Hall–Kier alpha value is -0.900. The second-order valence-electron chi connectivity index (χ2n) is 5.71. The normalized spacial score (nSPS) is 13.4. The average molecular weight is 280 g/mol. The summed E-state index contributed by atoms with van der Waals surface area (Å²) in [6.07, 6.45) is 3.16. The van der Waals surface area contributed by atoms with Crippen molar-refractivity contribution >= 4 is 0 Å². The molecule has 1 rings (SSSR count). The lowest BCUT2D eigenvalue weighted by Crippen LogP contribution is -2.26. The molecule has 114 valence electrons. The molecule has 20 heavy (non-hydrogen) atoms. The monoisotopic (exact) mass is 280 g/mol. The summed E-state index contributed by atoms with van der Waals surface area (Å²) in [6, 6.07) is 10.2. The molecule has 1 aromatic rings. The van der Waals surface area contributed by atoms with Crippen LogP contribution in [-0.4, -0.2) is 24.1 Å². The Labute approximate surface area is 122 Å². The predicted molar refractivity (Wildman–Crippen MR) is 81.4 cm³/mol. The van der Waals surface area contributed by atoms with Crippen LogP contribution >= 0.6 is 0 Å². The molecule has 0 fully saturated rings. The molecule has 0 radical (unpaired) electrons. The van der Waals surface area contributed by atoms with Gasteiger partial charge in [0.05, 0.1) is 13.2 Å². The third-order valence-corrected chi connectivity index (χ3v) is 3.26. The highest BCUT2D eigenvalue weighted by Crippen LogP contribution is 2.15. The molecule has 3 heteroatoms. The van der Waals surface area contributed by atoms with Gasteiger partial charge in [-0.05, 0) is 38.2 Å². The molecule has 0 bridgehead atoms. The fourth-order valence-corrected chi connectivity index (χ4v) is 1.97. The molecule has 1 unspecified atom stereocenters. The number of hydrogen-bond donors (Lipinski definition) is 1. The minimum absolute atomic E-state index is 0.488. The molecule has 0 heterocycles. The molecule has 1 atom stereocenters. The summed E-state index contributed by atoms with van der Waals surface area (Å²) in [6.45, 7) is 7.55. The van der Waals surface area contributed by atoms with Crippen LogP contribution in [0.1, 0.15) is 45.6 Å². The highest BCUT2D eigenvalue weighted by molar-refractivity contribution is 5.13. The van der Waals surface area contributed by atoms with Gasteiger partial charge in [-0.1, -0.05) is 43.7 Å². The number of ether oxygens (including phenoxy) is 2. The van der Waals surface area contributed by atoms with Gasteiger partial charge >= 0.3 is 0 Å². The van der Waals surface area contributed by atoms with Crippen molar-refractivity contribution in [1.29, 1.82) is 0 Å². The van der Waals surface area contributed by atoms with Crippen molar-refractivity contribution in [2.75, 3.05) is 13.2 Å². The van der Waals surface area contributed by atoms with Crippen molar-refractivity contribution in [2.45, 2.75) is 52.4 Å². The van der Waals surface area contributed by atoms with E-state index in [4.69, 9.17) is 9.47 Å². The Kier molecular flexibility index (Phi) is 7.82. The highest BCUT2D eigenvalue weighted by atomic mass is 16.6. The van der Waals surface area contributed by atoms with Gasteiger partial charge in [0.1, 0.15) is 0 Å². The van der Waals surface area contributed by atoms with Crippen LogP contribution in [-0.2, 0) is 16.1 Å². The first-order valence-corrected chi connectivity index (χ1v) is 7.49. The van der Waals surface area contributed by atoms with Crippen LogP contribution in [0.5, 0.6) is 0 Å². The Bertz CT molecular complexity index is 343. The molecule has 1 N–H and O–H groups in total. The summed E-state index contributed by atoms with van der Waals surface area (Å²) >= 11 is 0. The molecule has 0 aliphatic rings. The maximum absolute atomic E-state index is 9.55. The van der Waals surface area contributed by atoms with Gasteiger partial charge in [0.15, 0.2) is 5.79 Å². The summed E-state index contributed by atoms with van der Waals surface area (Å²) in [7, 11) is 0. The lowest BCUT2D eigenvalue weighted by molar-refractivity contribution is -0.184. The highest BCUT2D eigenvalue weighted by Gasteiger charge is 2.15. The molecule has 0 aliphatic carbocycles. The van der Waals surface area contributed by atoms with E-state index < -0.39 is 5.79 Å². The van der Waals surface area contributed by atoms with Crippen molar-refractivity contribution in [1.82, 2.24) is 0 Å². The minimum atomic E-state index is -1.03. The third kappa shape index (κ3) is 8.31. The SMILES string of the molecule is CCC(CCCOCc1ccccc1)COC(C)(C)O. The maximum Gasteiger partial charge on any atom is 0.159 e. The lowest BCUT2D eigenvalue weighted by atomic mass is 10.0. The van der Waals surface area contributed by atoms with Gasteiger partial charge in [-0.2, -0.15) is 0 Å². The van der Waals surface area contributed by atoms with Crippen LogP contribution in [0.4, 0.5) is 0 Å². The van der Waals surface area contributed by atoms with Crippen molar-refractivity contribution in [2.24, 2.45) is 5.92 Å². The molecule has 0 amide bonds. The molecule has 3 nitrogen and oxygen atoms in total. The van der Waals surface area contributed by atoms with E-state index in [-0.39, 0.29) is 0 Å². The standard InChI is InChI=1S/C17H28O3/c1-4-15(14-20-17(2,3)18)11-8-12-19-13-16-9-6-5-7-10-16/h5-7,9-10,15,18H,4,8,11-14H2,1-3H3. The summed E-state index contributed by atoms with van der Waals surface area (Å²) < 4.78 is 11.1. The van der Waals surface area contributed by atoms with Gasteiger partial charge in [0.25, 0.3) is 0 Å². The molecular formula is C17H28O3. The van der Waals surface area contributed by atoms with Crippen LogP contribution in [0.15, 0.2) is 30.3 Å². The Morgan fingerprint density at radius 2 is 1.90 bits per heavy atom. The quantitative estimate of drug-likeness (QED) is 0.524. The predicted octanol–water partition coefficient (Wildman–Crippen LogP) is 3.75. The van der Waals surface area contributed by atoms with Crippen LogP contribution in [0.3, 0.4) is 0 Å². The summed E-state index contributed by atoms with van der Waals surface area (Å²) in [4.78, 5) is 0. The first-order chi connectivity index (χ1) is 9.51. The molecule has 0 saturated heterocycles. The van der Waals surface area contributed by atoms with Gasteiger partial charge < -0.3 is 14.6 Å². The topological polar surface area (TPSA) is 38.7 Å². The molecule has 0 aliphatic heterocycles. The Morgan fingerprint density at radius 3 is 2.50 bits per heavy atom. The van der Waals surface area contributed by atoms with Gasteiger partial charge in [0.2, 0.25) is 0 Å². The fraction of sp³-hybridized carbons (Fsp3) is 0.647. The first-order valence-electron chi connectivity index (χ1n) is 7.49. The number of aliphatic hydroxyl groups is 1. The van der Waals surface area contributed by atoms with Crippen LogP contribution < -0.4 is 0 Å². The largest absolute Gasteiger partial charge is 0.377 e. The van der Waals surface area contributed by atoms with E-state index >= 15 is 0 Å². The van der Waals surface area contributed by atoms with Crippen molar-refractivity contribution in [3.8, 4) is 0 Å². The van der Waals surface area contributed by atoms with Crippen LogP contribution in [0.2, 0.25) is 0 Å². The van der Waals surface area contributed by atoms with Crippen molar-refractivity contribution < 1.29 is 14.6 Å². The van der Waals surface area contributed by atoms with Gasteiger partial charge in [-0.15, -0.1) is 0 Å². The van der Waals surface area contributed by atoms with Gasteiger partial charge in [-0.25, -0.2) is 0 Å². The lowest BCUT2D eigenvalue weighted by Gasteiger charge is -2.22. The summed E-state index contributed by atoms with van der Waals surface area (Å²) in [5, 5.41) is 9.55. The van der Waals surface area contributed by atoms with Crippen molar-refractivity contribution in [3.05, 3.63) is 35.9 Å². The summed E-state index contributed by atoms with van der Waals surface area (Å²) in [5.41, 5.74) is 1.21. The summed E-state index contributed by atoms with van der Waals surface area (Å²) in [5.74, 6) is -0.543. The van der Waals surface area contributed by atoms with E-state index in [1.165, 1.54) is 5.56 Å². The molecule has 1 aromatic carbocycles.